The van der Waals surface area contributed by atoms with Gasteiger partial charge < -0.3 is 9.52 Å². The Kier molecular flexibility index (Phi) is 4.36. The van der Waals surface area contributed by atoms with E-state index in [0.29, 0.717) is 24.2 Å². The van der Waals surface area contributed by atoms with E-state index < -0.39 is 5.63 Å². The van der Waals surface area contributed by atoms with Gasteiger partial charge in [-0.15, -0.1) is 0 Å². The first-order valence-electron chi connectivity index (χ1n) is 7.62. The van der Waals surface area contributed by atoms with Crippen molar-refractivity contribution in [3.63, 3.8) is 0 Å². The molecule has 0 atom stereocenters. The van der Waals surface area contributed by atoms with Gasteiger partial charge in [0, 0.05) is 30.1 Å². The van der Waals surface area contributed by atoms with Crippen molar-refractivity contribution in [2.75, 3.05) is 7.05 Å². The van der Waals surface area contributed by atoms with Gasteiger partial charge in [-0.3, -0.25) is 4.90 Å². The molecule has 0 saturated heterocycles. The molecule has 0 fully saturated rings. The highest BCUT2D eigenvalue weighted by Gasteiger charge is 2.12. The number of halogens is 1. The van der Waals surface area contributed by atoms with Crippen LogP contribution in [0.1, 0.15) is 16.7 Å². The third-order valence-electron chi connectivity index (χ3n) is 4.02. The van der Waals surface area contributed by atoms with Crippen molar-refractivity contribution in [1.29, 1.82) is 0 Å². The molecule has 5 heteroatoms. The number of aromatic hydroxyl groups is 1. The molecule has 0 aliphatic rings. The standard InChI is InChI=1S/C19H18FNO3/c1-12-17(22)8-7-16-14(9-18(23)24-19(12)16)11-21(2)10-13-3-5-15(20)6-4-13/h3-9,22H,10-11H2,1-2H3. The highest BCUT2D eigenvalue weighted by atomic mass is 19.1. The lowest BCUT2D eigenvalue weighted by Gasteiger charge is -2.18. The Hall–Kier alpha value is -2.66. The molecule has 0 spiro atoms. The van der Waals surface area contributed by atoms with E-state index in [4.69, 9.17) is 4.42 Å². The second kappa shape index (κ2) is 6.45. The summed E-state index contributed by atoms with van der Waals surface area (Å²) in [5, 5.41) is 10.6. The van der Waals surface area contributed by atoms with Gasteiger partial charge in [0.1, 0.15) is 17.1 Å². The Bertz CT molecular complexity index is 932. The van der Waals surface area contributed by atoms with Crippen LogP contribution >= 0.6 is 0 Å². The van der Waals surface area contributed by atoms with Crippen LogP contribution in [0.25, 0.3) is 11.0 Å². The molecule has 1 N–H and O–H groups in total. The van der Waals surface area contributed by atoms with Crippen molar-refractivity contribution in [3.05, 3.63) is 75.4 Å². The molecule has 24 heavy (non-hydrogen) atoms. The molecule has 1 heterocycles. The molecule has 0 unspecified atom stereocenters. The number of hydrogen-bond acceptors (Lipinski definition) is 4. The number of phenols is 1. The number of benzene rings is 2. The van der Waals surface area contributed by atoms with Crippen LogP contribution in [0.3, 0.4) is 0 Å². The quantitative estimate of drug-likeness (QED) is 0.744. The predicted molar refractivity (Wildman–Crippen MR) is 90.5 cm³/mol. The van der Waals surface area contributed by atoms with Gasteiger partial charge in [-0.05, 0) is 49.4 Å². The molecule has 0 bridgehead atoms. The van der Waals surface area contributed by atoms with E-state index in [1.165, 1.54) is 18.2 Å². The maximum absolute atomic E-state index is 13.0. The number of fused-ring (bicyclic) bond motifs is 1. The van der Waals surface area contributed by atoms with E-state index >= 15 is 0 Å². The van der Waals surface area contributed by atoms with E-state index in [9.17, 15) is 14.3 Å². The van der Waals surface area contributed by atoms with Crippen LogP contribution in [0, 0.1) is 12.7 Å². The number of hydrogen-bond donors (Lipinski definition) is 1. The molecule has 3 aromatic rings. The lowest BCUT2D eigenvalue weighted by atomic mass is 10.1. The van der Waals surface area contributed by atoms with Gasteiger partial charge in [-0.2, -0.15) is 0 Å². The number of aryl methyl sites for hydroxylation is 1. The summed E-state index contributed by atoms with van der Waals surface area (Å²) >= 11 is 0. The summed E-state index contributed by atoms with van der Waals surface area (Å²) in [6, 6.07) is 11.2. The first-order chi connectivity index (χ1) is 11.4. The van der Waals surface area contributed by atoms with E-state index in [-0.39, 0.29) is 11.6 Å². The largest absolute Gasteiger partial charge is 0.508 e. The zero-order valence-electron chi connectivity index (χ0n) is 13.5. The predicted octanol–water partition coefficient (Wildman–Crippen LogP) is 3.58. The van der Waals surface area contributed by atoms with Gasteiger partial charge in [0.2, 0.25) is 0 Å². The molecular weight excluding hydrogens is 309 g/mol. The van der Waals surface area contributed by atoms with Gasteiger partial charge in [0.25, 0.3) is 0 Å². The highest BCUT2D eigenvalue weighted by Crippen LogP contribution is 2.27. The van der Waals surface area contributed by atoms with Crippen molar-refractivity contribution in [3.8, 4) is 5.75 Å². The fourth-order valence-electron chi connectivity index (χ4n) is 2.79. The molecule has 2 aromatic carbocycles. The van der Waals surface area contributed by atoms with Crippen LogP contribution in [0.4, 0.5) is 4.39 Å². The minimum atomic E-state index is -0.443. The molecular formula is C19H18FNO3. The molecule has 0 saturated carbocycles. The normalized spacial score (nSPS) is 11.3. The topological polar surface area (TPSA) is 53.7 Å². The number of rotatable bonds is 4. The first kappa shape index (κ1) is 16.2. The Morgan fingerprint density at radius 1 is 1.12 bits per heavy atom. The Labute approximate surface area is 138 Å². The van der Waals surface area contributed by atoms with E-state index in [0.717, 1.165) is 16.5 Å². The van der Waals surface area contributed by atoms with Crippen molar-refractivity contribution in [2.24, 2.45) is 0 Å². The third-order valence-corrected chi connectivity index (χ3v) is 4.02. The van der Waals surface area contributed by atoms with Crippen molar-refractivity contribution < 1.29 is 13.9 Å². The van der Waals surface area contributed by atoms with Crippen LogP contribution in [0.15, 0.2) is 51.7 Å². The van der Waals surface area contributed by atoms with Crippen LogP contribution in [0.5, 0.6) is 5.75 Å². The summed E-state index contributed by atoms with van der Waals surface area (Å²) in [7, 11) is 1.93. The maximum atomic E-state index is 13.0. The Balaban J connectivity index is 1.90. The maximum Gasteiger partial charge on any atom is 0.336 e. The molecule has 1 aromatic heterocycles. The van der Waals surface area contributed by atoms with Crippen molar-refractivity contribution >= 4 is 11.0 Å². The molecule has 0 aliphatic carbocycles. The number of nitrogens with zero attached hydrogens (tertiary/aromatic N) is 1. The van der Waals surface area contributed by atoms with E-state index in [2.05, 4.69) is 0 Å². The second-order valence-corrected chi connectivity index (χ2v) is 5.98. The molecule has 124 valence electrons. The fourth-order valence-corrected chi connectivity index (χ4v) is 2.79. The zero-order valence-corrected chi connectivity index (χ0v) is 13.5. The summed E-state index contributed by atoms with van der Waals surface area (Å²) in [4.78, 5) is 13.9. The summed E-state index contributed by atoms with van der Waals surface area (Å²) in [5.74, 6) is -0.161. The minimum absolute atomic E-state index is 0.0995. The average Bonchev–Trinajstić information content (AvgIpc) is 2.53. The van der Waals surface area contributed by atoms with Crippen LogP contribution in [-0.4, -0.2) is 17.1 Å². The van der Waals surface area contributed by atoms with Gasteiger partial charge in [-0.1, -0.05) is 12.1 Å². The lowest BCUT2D eigenvalue weighted by molar-refractivity contribution is 0.319. The van der Waals surface area contributed by atoms with Crippen LogP contribution in [-0.2, 0) is 13.1 Å². The van der Waals surface area contributed by atoms with Crippen molar-refractivity contribution in [1.82, 2.24) is 4.90 Å². The van der Waals surface area contributed by atoms with Gasteiger partial charge in [0.15, 0.2) is 0 Å². The first-order valence-corrected chi connectivity index (χ1v) is 7.62. The average molecular weight is 327 g/mol. The molecule has 4 nitrogen and oxygen atoms in total. The lowest BCUT2D eigenvalue weighted by Crippen LogP contribution is -2.18. The van der Waals surface area contributed by atoms with E-state index in [1.807, 2.05) is 11.9 Å². The van der Waals surface area contributed by atoms with Gasteiger partial charge in [-0.25, -0.2) is 9.18 Å². The number of phenolic OH excluding ortho intramolecular Hbond substituents is 1. The molecule has 3 rings (SSSR count). The highest BCUT2D eigenvalue weighted by molar-refractivity contribution is 5.84. The second-order valence-electron chi connectivity index (χ2n) is 5.98. The fraction of sp³-hybridized carbons (Fsp3) is 0.211. The molecule has 0 aliphatic heterocycles. The monoisotopic (exact) mass is 327 g/mol. The van der Waals surface area contributed by atoms with Crippen molar-refractivity contribution in [2.45, 2.75) is 20.0 Å². The summed E-state index contributed by atoms with van der Waals surface area (Å²) in [5.41, 5.74) is 2.33. The van der Waals surface area contributed by atoms with Gasteiger partial charge >= 0.3 is 5.63 Å². The van der Waals surface area contributed by atoms with Crippen LogP contribution in [0.2, 0.25) is 0 Å². The van der Waals surface area contributed by atoms with Gasteiger partial charge in [0.05, 0.1) is 0 Å². The van der Waals surface area contributed by atoms with E-state index in [1.54, 1.807) is 31.2 Å². The molecule has 0 radical (unpaired) electrons. The smallest absolute Gasteiger partial charge is 0.336 e. The van der Waals surface area contributed by atoms with Crippen LogP contribution < -0.4 is 5.63 Å². The Morgan fingerprint density at radius 2 is 1.83 bits per heavy atom. The Morgan fingerprint density at radius 3 is 2.54 bits per heavy atom. The zero-order chi connectivity index (χ0) is 17.3. The summed E-state index contributed by atoms with van der Waals surface area (Å²) < 4.78 is 18.2. The minimum Gasteiger partial charge on any atom is -0.508 e. The SMILES string of the molecule is Cc1c(O)ccc2c(CN(C)Cc3ccc(F)cc3)cc(=O)oc12. The third kappa shape index (κ3) is 3.31. The molecule has 0 amide bonds. The summed E-state index contributed by atoms with van der Waals surface area (Å²) in [6.07, 6.45) is 0. The summed E-state index contributed by atoms with van der Waals surface area (Å²) in [6.45, 7) is 2.87.